The fourth-order valence-electron chi connectivity index (χ4n) is 1.33. The molecule has 14 heavy (non-hydrogen) atoms. The minimum Gasteiger partial charge on any atom is -0.341 e. The molecule has 0 spiro atoms. The van der Waals surface area contributed by atoms with Crippen LogP contribution in [-0.4, -0.2) is 9.97 Å². The van der Waals surface area contributed by atoms with Crippen LogP contribution in [0.2, 0.25) is 10.0 Å². The van der Waals surface area contributed by atoms with Crippen molar-refractivity contribution in [1.29, 1.82) is 0 Å². The van der Waals surface area contributed by atoms with Crippen LogP contribution in [0, 0.1) is 0 Å². The molecular weight excluding hydrogens is 219 g/mol. The van der Waals surface area contributed by atoms with Gasteiger partial charge in [0.05, 0.1) is 16.1 Å². The summed E-state index contributed by atoms with van der Waals surface area (Å²) >= 11 is 11.9. The van der Waals surface area contributed by atoms with Gasteiger partial charge in [0, 0.05) is 10.9 Å². The zero-order valence-corrected chi connectivity index (χ0v) is 9.45. The Morgan fingerprint density at radius 3 is 2.64 bits per heavy atom. The van der Waals surface area contributed by atoms with Crippen molar-refractivity contribution in [3.8, 4) is 0 Å². The molecule has 0 saturated heterocycles. The van der Waals surface area contributed by atoms with Gasteiger partial charge < -0.3 is 4.98 Å². The molecule has 1 aromatic heterocycles. The molecule has 0 bridgehead atoms. The maximum absolute atomic E-state index is 6.02. The topological polar surface area (TPSA) is 28.7 Å². The van der Waals surface area contributed by atoms with Gasteiger partial charge in [-0.3, -0.25) is 0 Å². The van der Waals surface area contributed by atoms with Gasteiger partial charge in [-0.25, -0.2) is 4.98 Å². The lowest BCUT2D eigenvalue weighted by molar-refractivity contribution is 0.799. The van der Waals surface area contributed by atoms with Crippen molar-refractivity contribution in [2.24, 2.45) is 0 Å². The van der Waals surface area contributed by atoms with Crippen LogP contribution in [0.4, 0.5) is 0 Å². The first-order chi connectivity index (χ1) is 6.58. The first-order valence-corrected chi connectivity index (χ1v) is 5.18. The summed E-state index contributed by atoms with van der Waals surface area (Å²) < 4.78 is 0. The minimum atomic E-state index is 0.359. The van der Waals surface area contributed by atoms with Crippen molar-refractivity contribution in [1.82, 2.24) is 9.97 Å². The molecule has 4 heteroatoms. The van der Waals surface area contributed by atoms with Crippen molar-refractivity contribution >= 4 is 34.2 Å². The molecule has 0 atom stereocenters. The second-order valence-corrected chi connectivity index (χ2v) is 4.40. The van der Waals surface area contributed by atoms with E-state index in [1.165, 1.54) is 0 Å². The van der Waals surface area contributed by atoms with E-state index in [1.807, 2.05) is 6.07 Å². The van der Waals surface area contributed by atoms with E-state index in [4.69, 9.17) is 23.2 Å². The molecule has 0 radical (unpaired) electrons. The van der Waals surface area contributed by atoms with Gasteiger partial charge in [-0.1, -0.05) is 37.0 Å². The SMILES string of the molecule is CC(C)c1nc2cc(Cl)cc(Cl)c2[nH]1. The zero-order valence-electron chi connectivity index (χ0n) is 7.94. The number of fused-ring (bicyclic) bond motifs is 1. The molecule has 2 aromatic rings. The summed E-state index contributed by atoms with van der Waals surface area (Å²) in [6.45, 7) is 4.15. The number of nitrogens with zero attached hydrogens (tertiary/aromatic N) is 1. The molecule has 0 unspecified atom stereocenters. The van der Waals surface area contributed by atoms with Gasteiger partial charge in [0.15, 0.2) is 0 Å². The number of hydrogen-bond acceptors (Lipinski definition) is 1. The molecular formula is C10H10Cl2N2. The highest BCUT2D eigenvalue weighted by Crippen LogP contribution is 2.27. The van der Waals surface area contributed by atoms with Crippen LogP contribution >= 0.6 is 23.2 Å². The quantitative estimate of drug-likeness (QED) is 0.786. The van der Waals surface area contributed by atoms with Gasteiger partial charge in [0.1, 0.15) is 5.82 Å². The lowest BCUT2D eigenvalue weighted by Gasteiger charge is -1.96. The van der Waals surface area contributed by atoms with E-state index in [2.05, 4.69) is 23.8 Å². The molecule has 0 aliphatic rings. The third-order valence-electron chi connectivity index (χ3n) is 2.08. The van der Waals surface area contributed by atoms with Crippen molar-refractivity contribution in [2.75, 3.05) is 0 Å². The summed E-state index contributed by atoms with van der Waals surface area (Å²) in [5.74, 6) is 1.29. The number of imidazole rings is 1. The molecule has 1 aromatic carbocycles. The van der Waals surface area contributed by atoms with E-state index in [0.29, 0.717) is 16.0 Å². The average Bonchev–Trinajstić information content (AvgIpc) is 2.47. The summed E-state index contributed by atoms with van der Waals surface area (Å²) in [6, 6.07) is 3.53. The van der Waals surface area contributed by atoms with E-state index in [9.17, 15) is 0 Å². The number of rotatable bonds is 1. The fourth-order valence-corrected chi connectivity index (χ4v) is 1.86. The predicted molar refractivity (Wildman–Crippen MR) is 60.2 cm³/mol. The highest BCUT2D eigenvalue weighted by molar-refractivity contribution is 6.38. The molecule has 74 valence electrons. The standard InChI is InChI=1S/C10H10Cl2N2/c1-5(2)10-13-8-4-6(11)3-7(12)9(8)14-10/h3-5H,1-2H3,(H,13,14). The van der Waals surface area contributed by atoms with Gasteiger partial charge in [-0.15, -0.1) is 0 Å². The summed E-state index contributed by atoms with van der Waals surface area (Å²) in [5, 5.41) is 1.23. The average molecular weight is 229 g/mol. The second kappa shape index (κ2) is 3.44. The maximum atomic E-state index is 6.02. The van der Waals surface area contributed by atoms with Crippen LogP contribution in [0.5, 0.6) is 0 Å². The Bertz CT molecular complexity index is 474. The fraction of sp³-hybridized carbons (Fsp3) is 0.300. The van der Waals surface area contributed by atoms with Crippen LogP contribution in [0.3, 0.4) is 0 Å². The Morgan fingerprint density at radius 1 is 1.29 bits per heavy atom. The molecule has 2 rings (SSSR count). The van der Waals surface area contributed by atoms with Gasteiger partial charge in [0.25, 0.3) is 0 Å². The first kappa shape index (κ1) is 9.81. The molecule has 0 amide bonds. The van der Waals surface area contributed by atoms with E-state index >= 15 is 0 Å². The van der Waals surface area contributed by atoms with Gasteiger partial charge in [0.2, 0.25) is 0 Å². The Labute approximate surface area is 92.2 Å². The third kappa shape index (κ3) is 1.60. The summed E-state index contributed by atoms with van der Waals surface area (Å²) in [5.41, 5.74) is 1.69. The largest absolute Gasteiger partial charge is 0.341 e. The second-order valence-electron chi connectivity index (χ2n) is 3.56. The van der Waals surface area contributed by atoms with Crippen molar-refractivity contribution in [3.05, 3.63) is 28.0 Å². The number of H-pyrrole nitrogens is 1. The number of aromatic nitrogens is 2. The van der Waals surface area contributed by atoms with E-state index in [1.54, 1.807) is 6.07 Å². The molecule has 1 heterocycles. The Morgan fingerprint density at radius 2 is 2.00 bits per heavy atom. The number of nitrogens with one attached hydrogen (secondary N) is 1. The lowest BCUT2D eigenvalue weighted by atomic mass is 10.2. The number of halogens is 2. The molecule has 0 saturated carbocycles. The van der Waals surface area contributed by atoms with Crippen LogP contribution < -0.4 is 0 Å². The molecule has 0 fully saturated rings. The van der Waals surface area contributed by atoms with E-state index < -0.39 is 0 Å². The van der Waals surface area contributed by atoms with Crippen molar-refractivity contribution in [2.45, 2.75) is 19.8 Å². The summed E-state index contributed by atoms with van der Waals surface area (Å²) in [6.07, 6.45) is 0. The molecule has 0 aliphatic heterocycles. The smallest absolute Gasteiger partial charge is 0.109 e. The van der Waals surface area contributed by atoms with Crippen molar-refractivity contribution < 1.29 is 0 Å². The van der Waals surface area contributed by atoms with Gasteiger partial charge in [-0.05, 0) is 12.1 Å². The lowest BCUT2D eigenvalue weighted by Crippen LogP contribution is -1.88. The summed E-state index contributed by atoms with van der Waals surface area (Å²) in [4.78, 5) is 7.60. The molecule has 2 nitrogen and oxygen atoms in total. The van der Waals surface area contributed by atoms with Gasteiger partial charge >= 0.3 is 0 Å². The van der Waals surface area contributed by atoms with E-state index in [0.717, 1.165) is 16.9 Å². The third-order valence-corrected chi connectivity index (χ3v) is 2.59. The predicted octanol–water partition coefficient (Wildman–Crippen LogP) is 3.99. The summed E-state index contributed by atoms with van der Waals surface area (Å²) in [7, 11) is 0. The van der Waals surface area contributed by atoms with Crippen LogP contribution in [0.15, 0.2) is 12.1 Å². The maximum Gasteiger partial charge on any atom is 0.109 e. The number of hydrogen-bond donors (Lipinski definition) is 1. The van der Waals surface area contributed by atoms with Crippen LogP contribution in [-0.2, 0) is 0 Å². The first-order valence-electron chi connectivity index (χ1n) is 4.42. The van der Waals surface area contributed by atoms with Gasteiger partial charge in [-0.2, -0.15) is 0 Å². The zero-order chi connectivity index (χ0) is 10.3. The highest BCUT2D eigenvalue weighted by atomic mass is 35.5. The van der Waals surface area contributed by atoms with E-state index in [-0.39, 0.29) is 0 Å². The molecule has 1 N–H and O–H groups in total. The Hall–Kier alpha value is -0.730. The Kier molecular flexibility index (Phi) is 2.41. The highest BCUT2D eigenvalue weighted by Gasteiger charge is 2.09. The number of benzene rings is 1. The minimum absolute atomic E-state index is 0.359. The van der Waals surface area contributed by atoms with Crippen molar-refractivity contribution in [3.63, 3.8) is 0 Å². The normalized spacial score (nSPS) is 11.5. The Balaban J connectivity index is 2.70. The molecule has 0 aliphatic carbocycles. The monoisotopic (exact) mass is 228 g/mol. The van der Waals surface area contributed by atoms with Crippen LogP contribution in [0.1, 0.15) is 25.6 Å². The number of aromatic amines is 1. The van der Waals surface area contributed by atoms with Crippen LogP contribution in [0.25, 0.3) is 11.0 Å².